The van der Waals surface area contributed by atoms with Gasteiger partial charge in [0.25, 0.3) is 0 Å². The Morgan fingerprint density at radius 3 is 2.76 bits per heavy atom. The molecule has 0 saturated heterocycles. The maximum absolute atomic E-state index is 5.76. The lowest BCUT2D eigenvalue weighted by Crippen LogP contribution is -1.98. The van der Waals surface area contributed by atoms with Crippen molar-refractivity contribution in [3.05, 3.63) is 27.7 Å². The van der Waals surface area contributed by atoms with Crippen LogP contribution in [0.3, 0.4) is 0 Å². The van der Waals surface area contributed by atoms with Gasteiger partial charge in [0.05, 0.1) is 17.7 Å². The average molecular weight is 298 g/mol. The minimum atomic E-state index is 0.533. The van der Waals surface area contributed by atoms with E-state index in [9.17, 15) is 0 Å². The monoisotopic (exact) mass is 297 g/mol. The minimum absolute atomic E-state index is 0.533. The highest BCUT2D eigenvalue weighted by molar-refractivity contribution is 9.10. The van der Waals surface area contributed by atoms with E-state index in [2.05, 4.69) is 15.9 Å². The fourth-order valence-corrected chi connectivity index (χ4v) is 2.35. The van der Waals surface area contributed by atoms with Gasteiger partial charge in [-0.3, -0.25) is 0 Å². The van der Waals surface area contributed by atoms with Crippen LogP contribution < -0.4 is 15.2 Å². The molecule has 1 aromatic rings. The molecule has 2 rings (SSSR count). The fourth-order valence-electron chi connectivity index (χ4n) is 1.80. The van der Waals surface area contributed by atoms with Crippen molar-refractivity contribution in [3.63, 3.8) is 0 Å². The quantitative estimate of drug-likeness (QED) is 0.913. The molecule has 0 saturated carbocycles. The molecule has 2 N–H and O–H groups in total. The third kappa shape index (κ3) is 2.64. The molecule has 0 amide bonds. The van der Waals surface area contributed by atoms with Crippen LogP contribution in [0.4, 0.5) is 0 Å². The highest BCUT2D eigenvalue weighted by atomic mass is 79.9. The van der Waals surface area contributed by atoms with Crippen molar-refractivity contribution in [1.82, 2.24) is 0 Å². The van der Waals surface area contributed by atoms with Gasteiger partial charge in [-0.15, -0.1) is 0 Å². The van der Waals surface area contributed by atoms with Crippen molar-refractivity contribution < 1.29 is 9.47 Å². The van der Waals surface area contributed by atoms with Crippen LogP contribution in [0.2, 0.25) is 0 Å². The summed E-state index contributed by atoms with van der Waals surface area (Å²) in [6.45, 7) is 3.97. The summed E-state index contributed by atoms with van der Waals surface area (Å²) < 4.78 is 12.4. The zero-order chi connectivity index (χ0) is 12.3. The summed E-state index contributed by atoms with van der Waals surface area (Å²) in [5, 5.41) is 0. The molecule has 1 heterocycles. The second-order valence-corrected chi connectivity index (χ2v) is 4.77. The predicted molar refractivity (Wildman–Crippen MR) is 72.6 cm³/mol. The molecule has 0 atom stereocenters. The molecule has 0 bridgehead atoms. The minimum Gasteiger partial charge on any atom is -0.489 e. The zero-order valence-electron chi connectivity index (χ0n) is 9.83. The van der Waals surface area contributed by atoms with Crippen LogP contribution in [0.1, 0.15) is 17.5 Å². The SMILES string of the molecule is Cc1c(/C=C/CN)cc(Br)c2c1OCCCO2. The molecule has 17 heavy (non-hydrogen) atoms. The summed E-state index contributed by atoms with van der Waals surface area (Å²) in [5.74, 6) is 1.65. The van der Waals surface area contributed by atoms with E-state index in [0.29, 0.717) is 19.8 Å². The molecule has 92 valence electrons. The van der Waals surface area contributed by atoms with Crippen LogP contribution in [0.5, 0.6) is 11.5 Å². The van der Waals surface area contributed by atoms with Gasteiger partial charge in [-0.1, -0.05) is 12.2 Å². The summed E-state index contributed by atoms with van der Waals surface area (Å²) in [7, 11) is 0. The number of halogens is 1. The van der Waals surface area contributed by atoms with Gasteiger partial charge in [-0.25, -0.2) is 0 Å². The van der Waals surface area contributed by atoms with Gasteiger partial charge >= 0.3 is 0 Å². The largest absolute Gasteiger partial charge is 0.489 e. The molecule has 3 nitrogen and oxygen atoms in total. The lowest BCUT2D eigenvalue weighted by Gasteiger charge is -2.14. The lowest BCUT2D eigenvalue weighted by atomic mass is 10.1. The molecule has 0 radical (unpaired) electrons. The number of fused-ring (bicyclic) bond motifs is 1. The van der Waals surface area contributed by atoms with Crippen molar-refractivity contribution in [2.45, 2.75) is 13.3 Å². The third-order valence-electron chi connectivity index (χ3n) is 2.69. The van der Waals surface area contributed by atoms with Crippen molar-refractivity contribution in [1.29, 1.82) is 0 Å². The summed E-state index contributed by atoms with van der Waals surface area (Å²) in [4.78, 5) is 0. The molecule has 0 spiro atoms. The summed E-state index contributed by atoms with van der Waals surface area (Å²) in [6.07, 6.45) is 4.85. The highest BCUT2D eigenvalue weighted by Gasteiger charge is 2.18. The molecule has 1 aliphatic rings. The molecule has 0 fully saturated rings. The maximum atomic E-state index is 5.76. The van der Waals surface area contributed by atoms with Crippen molar-refractivity contribution in [3.8, 4) is 11.5 Å². The third-order valence-corrected chi connectivity index (χ3v) is 3.28. The summed E-state index contributed by atoms with van der Waals surface area (Å²) in [5.41, 5.74) is 7.67. The van der Waals surface area contributed by atoms with E-state index in [0.717, 1.165) is 33.5 Å². The van der Waals surface area contributed by atoms with Gasteiger partial charge in [-0.05, 0) is 34.5 Å². The molecular formula is C13H16BrNO2. The number of ether oxygens (including phenoxy) is 2. The van der Waals surface area contributed by atoms with E-state index >= 15 is 0 Å². The van der Waals surface area contributed by atoms with Crippen LogP contribution in [0.15, 0.2) is 16.6 Å². The maximum Gasteiger partial charge on any atom is 0.175 e. The molecular weight excluding hydrogens is 282 g/mol. The number of hydrogen-bond donors (Lipinski definition) is 1. The van der Waals surface area contributed by atoms with Crippen LogP contribution in [0, 0.1) is 6.92 Å². The Morgan fingerprint density at radius 1 is 1.35 bits per heavy atom. The van der Waals surface area contributed by atoms with Gasteiger partial charge in [0, 0.05) is 18.5 Å². The standard InChI is InChI=1S/C13H16BrNO2/c1-9-10(4-2-5-15)8-11(14)13-12(9)16-6-3-7-17-13/h2,4,8H,3,5-7,15H2,1H3/b4-2+. The highest BCUT2D eigenvalue weighted by Crippen LogP contribution is 2.41. The summed E-state index contributed by atoms with van der Waals surface area (Å²) >= 11 is 3.52. The Balaban J connectivity index is 2.48. The average Bonchev–Trinajstić information content (AvgIpc) is 2.58. The smallest absolute Gasteiger partial charge is 0.175 e. The Morgan fingerprint density at radius 2 is 2.06 bits per heavy atom. The van der Waals surface area contributed by atoms with E-state index in [4.69, 9.17) is 15.2 Å². The zero-order valence-corrected chi connectivity index (χ0v) is 11.4. The first kappa shape index (κ1) is 12.5. The number of benzene rings is 1. The topological polar surface area (TPSA) is 44.5 Å². The first-order chi connectivity index (χ1) is 8.24. The second kappa shape index (κ2) is 5.56. The first-order valence-corrected chi connectivity index (χ1v) is 6.48. The van der Waals surface area contributed by atoms with E-state index < -0.39 is 0 Å². The molecule has 0 aromatic heterocycles. The van der Waals surface area contributed by atoms with Crippen LogP contribution >= 0.6 is 15.9 Å². The molecule has 0 aliphatic carbocycles. The number of nitrogens with two attached hydrogens (primary N) is 1. The van der Waals surface area contributed by atoms with Crippen LogP contribution in [0.25, 0.3) is 6.08 Å². The molecule has 1 aromatic carbocycles. The van der Waals surface area contributed by atoms with Crippen LogP contribution in [-0.4, -0.2) is 19.8 Å². The normalized spacial score (nSPS) is 15.0. The van der Waals surface area contributed by atoms with E-state index in [-0.39, 0.29) is 0 Å². The number of hydrogen-bond acceptors (Lipinski definition) is 3. The molecule has 0 unspecified atom stereocenters. The Hall–Kier alpha value is -1.00. The second-order valence-electron chi connectivity index (χ2n) is 3.92. The van der Waals surface area contributed by atoms with Crippen molar-refractivity contribution in [2.75, 3.05) is 19.8 Å². The van der Waals surface area contributed by atoms with Gasteiger partial charge in [-0.2, -0.15) is 0 Å². The van der Waals surface area contributed by atoms with E-state index in [1.165, 1.54) is 0 Å². The molecule has 1 aliphatic heterocycles. The first-order valence-electron chi connectivity index (χ1n) is 5.69. The van der Waals surface area contributed by atoms with Gasteiger partial charge in [0.2, 0.25) is 0 Å². The van der Waals surface area contributed by atoms with Crippen LogP contribution in [-0.2, 0) is 0 Å². The summed E-state index contributed by atoms with van der Waals surface area (Å²) in [6, 6.07) is 2.04. The Labute approximate surface area is 110 Å². The fraction of sp³-hybridized carbons (Fsp3) is 0.385. The predicted octanol–water partition coefficient (Wildman–Crippen LogP) is 2.89. The van der Waals surface area contributed by atoms with Gasteiger partial charge < -0.3 is 15.2 Å². The molecule has 4 heteroatoms. The Bertz CT molecular complexity index is 444. The lowest BCUT2D eigenvalue weighted by molar-refractivity contribution is 0.296. The van der Waals surface area contributed by atoms with E-state index in [1.807, 2.05) is 25.1 Å². The van der Waals surface area contributed by atoms with Crippen molar-refractivity contribution >= 4 is 22.0 Å². The number of rotatable bonds is 2. The van der Waals surface area contributed by atoms with Crippen molar-refractivity contribution in [2.24, 2.45) is 5.73 Å². The Kier molecular flexibility index (Phi) is 4.07. The van der Waals surface area contributed by atoms with Gasteiger partial charge in [0.15, 0.2) is 11.5 Å². The van der Waals surface area contributed by atoms with E-state index in [1.54, 1.807) is 0 Å². The van der Waals surface area contributed by atoms with Gasteiger partial charge in [0.1, 0.15) is 0 Å².